The summed E-state index contributed by atoms with van der Waals surface area (Å²) < 4.78 is 12.9. The third-order valence-corrected chi connectivity index (χ3v) is 2.58. The number of hydrogen-bond acceptors (Lipinski definition) is 1. The molecule has 1 aromatic rings. The van der Waals surface area contributed by atoms with E-state index in [1.165, 1.54) is 18.2 Å². The van der Waals surface area contributed by atoms with Crippen molar-refractivity contribution in [3.63, 3.8) is 0 Å². The van der Waals surface area contributed by atoms with Crippen LogP contribution in [0.1, 0.15) is 30.6 Å². The predicted octanol–water partition coefficient (Wildman–Crippen LogP) is 3.71. The maximum absolute atomic E-state index is 12.9. The van der Waals surface area contributed by atoms with E-state index in [1.54, 1.807) is 0 Å². The number of carbonyl (C=O) groups is 1. The molecule has 1 atom stereocenters. The van der Waals surface area contributed by atoms with Crippen LogP contribution in [0.5, 0.6) is 0 Å². The average molecular weight is 215 g/mol. The normalized spacial score (nSPS) is 12.6. The van der Waals surface area contributed by atoms with Crippen molar-refractivity contribution in [2.45, 2.75) is 20.3 Å². The Morgan fingerprint density at radius 2 is 2.21 bits per heavy atom. The van der Waals surface area contributed by atoms with Gasteiger partial charge in [0.15, 0.2) is 5.78 Å². The largest absolute Gasteiger partial charge is 0.294 e. The molecule has 76 valence electrons. The zero-order valence-electron chi connectivity index (χ0n) is 8.18. The fraction of sp³-hybridized carbons (Fsp3) is 0.364. The molecular weight excluding hydrogens is 203 g/mol. The highest BCUT2D eigenvalue weighted by Gasteiger charge is 2.16. The van der Waals surface area contributed by atoms with Crippen LogP contribution in [-0.4, -0.2) is 5.78 Å². The van der Waals surface area contributed by atoms with Crippen LogP contribution in [0.15, 0.2) is 18.2 Å². The Morgan fingerprint density at radius 3 is 2.79 bits per heavy atom. The van der Waals surface area contributed by atoms with Crippen LogP contribution in [0.2, 0.25) is 5.02 Å². The molecule has 0 N–H and O–H groups in total. The molecule has 0 aliphatic carbocycles. The van der Waals surface area contributed by atoms with Gasteiger partial charge in [0.25, 0.3) is 0 Å². The van der Waals surface area contributed by atoms with Gasteiger partial charge in [-0.2, -0.15) is 0 Å². The summed E-state index contributed by atoms with van der Waals surface area (Å²) in [5, 5.41) is 0.316. The molecule has 3 heteroatoms. The smallest absolute Gasteiger partial charge is 0.167 e. The van der Waals surface area contributed by atoms with Gasteiger partial charge in [0, 0.05) is 11.5 Å². The van der Waals surface area contributed by atoms with Gasteiger partial charge in [0.05, 0.1) is 5.02 Å². The predicted molar refractivity (Wildman–Crippen MR) is 55.2 cm³/mol. The minimum atomic E-state index is -0.430. The Morgan fingerprint density at radius 1 is 1.57 bits per heavy atom. The molecule has 0 heterocycles. The van der Waals surface area contributed by atoms with Crippen molar-refractivity contribution in [3.05, 3.63) is 34.6 Å². The Labute approximate surface area is 87.9 Å². The van der Waals surface area contributed by atoms with Crippen LogP contribution in [-0.2, 0) is 0 Å². The number of benzene rings is 1. The highest BCUT2D eigenvalue weighted by molar-refractivity contribution is 6.34. The first-order chi connectivity index (χ1) is 6.56. The van der Waals surface area contributed by atoms with Gasteiger partial charge in [-0.25, -0.2) is 4.39 Å². The fourth-order valence-corrected chi connectivity index (χ4v) is 1.35. The van der Waals surface area contributed by atoms with Gasteiger partial charge in [-0.15, -0.1) is 0 Å². The molecule has 0 saturated heterocycles. The lowest BCUT2D eigenvalue weighted by molar-refractivity contribution is 0.0927. The topological polar surface area (TPSA) is 17.1 Å². The molecule has 0 radical (unpaired) electrons. The van der Waals surface area contributed by atoms with Crippen molar-refractivity contribution < 1.29 is 9.18 Å². The third-order valence-electron chi connectivity index (χ3n) is 2.25. The molecule has 14 heavy (non-hydrogen) atoms. The Bertz CT molecular complexity index is 349. The van der Waals surface area contributed by atoms with Gasteiger partial charge in [-0.1, -0.05) is 25.4 Å². The molecule has 0 bridgehead atoms. The standard InChI is InChI=1S/C11H12ClFO/c1-3-7(2)11(14)9-6-8(13)4-5-10(9)12/h4-7H,3H2,1-2H3. The zero-order chi connectivity index (χ0) is 10.7. The number of Topliss-reactive ketones (excluding diaryl/α,β-unsaturated/α-hetero) is 1. The molecule has 0 saturated carbocycles. The van der Waals surface area contributed by atoms with Gasteiger partial charge in [-0.3, -0.25) is 4.79 Å². The van der Waals surface area contributed by atoms with Crippen molar-refractivity contribution in [1.82, 2.24) is 0 Å². The number of rotatable bonds is 3. The first-order valence-electron chi connectivity index (χ1n) is 4.55. The second-order valence-electron chi connectivity index (χ2n) is 3.30. The summed E-state index contributed by atoms with van der Waals surface area (Å²) in [6.07, 6.45) is 0.728. The van der Waals surface area contributed by atoms with Crippen molar-refractivity contribution in [2.24, 2.45) is 5.92 Å². The summed E-state index contributed by atoms with van der Waals surface area (Å²) in [4.78, 5) is 11.7. The van der Waals surface area contributed by atoms with E-state index in [-0.39, 0.29) is 17.3 Å². The second kappa shape index (κ2) is 4.56. The minimum Gasteiger partial charge on any atom is -0.294 e. The summed E-state index contributed by atoms with van der Waals surface area (Å²) >= 11 is 5.80. The second-order valence-corrected chi connectivity index (χ2v) is 3.70. The number of halogens is 2. The van der Waals surface area contributed by atoms with E-state index >= 15 is 0 Å². The van der Waals surface area contributed by atoms with Crippen molar-refractivity contribution in [2.75, 3.05) is 0 Å². The highest BCUT2D eigenvalue weighted by atomic mass is 35.5. The Kier molecular flexibility index (Phi) is 3.64. The molecule has 0 aliphatic rings. The lowest BCUT2D eigenvalue weighted by Gasteiger charge is -2.08. The van der Waals surface area contributed by atoms with E-state index in [4.69, 9.17) is 11.6 Å². The van der Waals surface area contributed by atoms with Crippen molar-refractivity contribution >= 4 is 17.4 Å². The fourth-order valence-electron chi connectivity index (χ4n) is 1.14. The maximum Gasteiger partial charge on any atom is 0.167 e. The monoisotopic (exact) mass is 214 g/mol. The van der Waals surface area contributed by atoms with E-state index in [1.807, 2.05) is 13.8 Å². The van der Waals surface area contributed by atoms with Gasteiger partial charge in [0.1, 0.15) is 5.82 Å². The SMILES string of the molecule is CCC(C)C(=O)c1cc(F)ccc1Cl. The van der Waals surface area contributed by atoms with E-state index < -0.39 is 5.82 Å². The summed E-state index contributed by atoms with van der Waals surface area (Å²) in [6.45, 7) is 3.72. The molecule has 1 nitrogen and oxygen atoms in total. The number of carbonyl (C=O) groups excluding carboxylic acids is 1. The molecule has 0 fully saturated rings. The van der Waals surface area contributed by atoms with Crippen LogP contribution in [0.25, 0.3) is 0 Å². The molecule has 0 spiro atoms. The first kappa shape index (κ1) is 11.2. The van der Waals surface area contributed by atoms with Crippen molar-refractivity contribution in [3.8, 4) is 0 Å². The van der Waals surface area contributed by atoms with Crippen LogP contribution in [0.3, 0.4) is 0 Å². The van der Waals surface area contributed by atoms with E-state index in [9.17, 15) is 9.18 Å². The van der Waals surface area contributed by atoms with Gasteiger partial charge in [0.2, 0.25) is 0 Å². The van der Waals surface area contributed by atoms with Crippen LogP contribution in [0, 0.1) is 11.7 Å². The summed E-state index contributed by atoms with van der Waals surface area (Å²) in [7, 11) is 0. The van der Waals surface area contributed by atoms with E-state index in [0.29, 0.717) is 5.02 Å². The molecule has 0 aromatic heterocycles. The lowest BCUT2D eigenvalue weighted by atomic mass is 9.97. The molecule has 1 unspecified atom stereocenters. The molecular formula is C11H12ClFO. The van der Waals surface area contributed by atoms with Crippen LogP contribution in [0.4, 0.5) is 4.39 Å². The summed E-state index contributed by atoms with van der Waals surface area (Å²) in [5.74, 6) is -0.646. The lowest BCUT2D eigenvalue weighted by Crippen LogP contribution is -2.11. The zero-order valence-corrected chi connectivity index (χ0v) is 8.94. The van der Waals surface area contributed by atoms with Crippen LogP contribution >= 0.6 is 11.6 Å². The summed E-state index contributed by atoms with van der Waals surface area (Å²) in [5.41, 5.74) is 0.279. The number of hydrogen-bond donors (Lipinski definition) is 0. The molecule has 1 aromatic carbocycles. The highest BCUT2D eigenvalue weighted by Crippen LogP contribution is 2.21. The van der Waals surface area contributed by atoms with Gasteiger partial charge >= 0.3 is 0 Å². The van der Waals surface area contributed by atoms with Gasteiger partial charge < -0.3 is 0 Å². The maximum atomic E-state index is 12.9. The average Bonchev–Trinajstić information content (AvgIpc) is 2.19. The first-order valence-corrected chi connectivity index (χ1v) is 4.93. The quantitative estimate of drug-likeness (QED) is 0.701. The minimum absolute atomic E-state index is 0.1000. The van der Waals surface area contributed by atoms with Crippen molar-refractivity contribution in [1.29, 1.82) is 0 Å². The molecule has 1 rings (SSSR count). The molecule has 0 aliphatic heterocycles. The third kappa shape index (κ3) is 2.32. The van der Waals surface area contributed by atoms with Crippen LogP contribution < -0.4 is 0 Å². The number of ketones is 1. The molecule has 0 amide bonds. The van der Waals surface area contributed by atoms with E-state index in [0.717, 1.165) is 6.42 Å². The Hall–Kier alpha value is -0.890. The van der Waals surface area contributed by atoms with Gasteiger partial charge in [-0.05, 0) is 24.6 Å². The summed E-state index contributed by atoms with van der Waals surface area (Å²) in [6, 6.07) is 3.85. The van der Waals surface area contributed by atoms with E-state index in [2.05, 4.69) is 0 Å². The Balaban J connectivity index is 3.06.